The molecule has 0 radical (unpaired) electrons. The molecule has 0 spiro atoms. The van der Waals surface area contributed by atoms with Crippen LogP contribution in [0.25, 0.3) is 0 Å². The molecular weight excluding hydrogens is 297 g/mol. The molecule has 4 heteroatoms. The summed E-state index contributed by atoms with van der Waals surface area (Å²) in [5.74, 6) is 0.502. The molecule has 1 aliphatic rings. The Balaban J connectivity index is 2.09. The van der Waals surface area contributed by atoms with Crippen LogP contribution in [0.3, 0.4) is 0 Å². The summed E-state index contributed by atoms with van der Waals surface area (Å²) < 4.78 is 19.2. The number of methoxy groups -OCH3 is 1. The Morgan fingerprint density at radius 3 is 2.72 bits per heavy atom. The monoisotopic (exact) mass is 315 g/mol. The van der Waals surface area contributed by atoms with Gasteiger partial charge in [-0.05, 0) is 30.4 Å². The van der Waals surface area contributed by atoms with Crippen molar-refractivity contribution in [2.24, 2.45) is 5.92 Å². The van der Waals surface area contributed by atoms with Crippen LogP contribution >= 0.6 is 15.9 Å². The van der Waals surface area contributed by atoms with Gasteiger partial charge in [0.25, 0.3) is 0 Å². The first-order chi connectivity index (χ1) is 8.76. The number of alkyl halides is 1. The van der Waals surface area contributed by atoms with Gasteiger partial charge >= 0.3 is 0 Å². The topological polar surface area (TPSA) is 12.5 Å². The number of hydrogen-bond donors (Lipinski definition) is 0. The maximum Gasteiger partial charge on any atom is 0.146 e. The largest absolute Gasteiger partial charge is 0.384 e. The third kappa shape index (κ3) is 3.04. The first kappa shape index (κ1) is 13.8. The molecule has 1 saturated heterocycles. The minimum absolute atomic E-state index is 0.114. The zero-order valence-corrected chi connectivity index (χ0v) is 12.2. The van der Waals surface area contributed by atoms with Crippen LogP contribution in [-0.4, -0.2) is 26.8 Å². The van der Waals surface area contributed by atoms with Gasteiger partial charge in [-0.25, -0.2) is 4.39 Å². The smallest absolute Gasteiger partial charge is 0.146 e. The Hall–Kier alpha value is -0.610. The van der Waals surface area contributed by atoms with Crippen LogP contribution in [0.1, 0.15) is 18.4 Å². The summed E-state index contributed by atoms with van der Waals surface area (Å²) in [6, 6.07) is 5.30. The summed E-state index contributed by atoms with van der Waals surface area (Å²) in [4.78, 5) is 2.16. The van der Waals surface area contributed by atoms with E-state index >= 15 is 0 Å². The second-order valence-corrected chi connectivity index (χ2v) is 5.33. The van der Waals surface area contributed by atoms with Crippen LogP contribution in [0.2, 0.25) is 0 Å². The van der Waals surface area contributed by atoms with E-state index in [0.29, 0.717) is 11.2 Å². The van der Waals surface area contributed by atoms with Crippen LogP contribution in [-0.2, 0) is 10.1 Å². The molecule has 2 nitrogen and oxygen atoms in total. The summed E-state index contributed by atoms with van der Waals surface area (Å²) in [5.41, 5.74) is 1.80. The first-order valence-corrected chi connectivity index (χ1v) is 7.45. The van der Waals surface area contributed by atoms with E-state index in [1.807, 2.05) is 6.07 Å². The van der Waals surface area contributed by atoms with Crippen molar-refractivity contribution in [3.05, 3.63) is 29.6 Å². The highest BCUT2D eigenvalue weighted by atomic mass is 79.9. The molecule has 1 fully saturated rings. The van der Waals surface area contributed by atoms with Crippen LogP contribution in [0.15, 0.2) is 18.2 Å². The predicted octanol–water partition coefficient (Wildman–Crippen LogP) is 3.58. The van der Waals surface area contributed by atoms with Crippen molar-refractivity contribution in [2.75, 3.05) is 31.7 Å². The van der Waals surface area contributed by atoms with Gasteiger partial charge in [-0.2, -0.15) is 0 Å². The van der Waals surface area contributed by atoms with Crippen molar-refractivity contribution in [3.63, 3.8) is 0 Å². The van der Waals surface area contributed by atoms with Gasteiger partial charge in [-0.15, -0.1) is 0 Å². The fourth-order valence-corrected chi connectivity index (χ4v) is 3.03. The number of anilines is 1. The van der Waals surface area contributed by atoms with E-state index in [1.54, 1.807) is 19.2 Å². The zero-order valence-electron chi connectivity index (χ0n) is 10.7. The lowest BCUT2D eigenvalue weighted by molar-refractivity contribution is 0.139. The van der Waals surface area contributed by atoms with Crippen LogP contribution in [0, 0.1) is 11.7 Å². The van der Waals surface area contributed by atoms with Crippen molar-refractivity contribution >= 4 is 21.6 Å². The van der Waals surface area contributed by atoms with Gasteiger partial charge in [-0.3, -0.25) is 0 Å². The van der Waals surface area contributed by atoms with Gasteiger partial charge < -0.3 is 9.64 Å². The van der Waals surface area contributed by atoms with E-state index in [9.17, 15) is 4.39 Å². The van der Waals surface area contributed by atoms with Crippen LogP contribution in [0.5, 0.6) is 0 Å². The lowest BCUT2D eigenvalue weighted by Crippen LogP contribution is -2.36. The summed E-state index contributed by atoms with van der Waals surface area (Å²) >= 11 is 3.43. The minimum Gasteiger partial charge on any atom is -0.384 e. The number of halogens is 2. The Morgan fingerprint density at radius 1 is 1.39 bits per heavy atom. The average Bonchev–Trinajstić information content (AvgIpc) is 2.40. The second kappa shape index (κ2) is 6.53. The lowest BCUT2D eigenvalue weighted by Gasteiger charge is -2.34. The van der Waals surface area contributed by atoms with Crippen molar-refractivity contribution < 1.29 is 9.13 Å². The lowest BCUT2D eigenvalue weighted by atomic mass is 9.97. The fraction of sp³-hybridized carbons (Fsp3) is 0.571. The number of rotatable bonds is 4. The molecule has 0 amide bonds. The summed E-state index contributed by atoms with van der Waals surface area (Å²) in [6.07, 6.45) is 2.15. The van der Waals surface area contributed by atoms with Gasteiger partial charge in [0.2, 0.25) is 0 Å². The first-order valence-electron chi connectivity index (χ1n) is 6.33. The molecule has 100 valence electrons. The second-order valence-electron chi connectivity index (χ2n) is 4.77. The number of nitrogens with zero attached hydrogens (tertiary/aromatic N) is 1. The van der Waals surface area contributed by atoms with Crippen molar-refractivity contribution in [1.82, 2.24) is 0 Å². The highest BCUT2D eigenvalue weighted by molar-refractivity contribution is 9.08. The maximum atomic E-state index is 14.0. The van der Waals surface area contributed by atoms with Crippen molar-refractivity contribution in [2.45, 2.75) is 18.2 Å². The molecule has 1 heterocycles. The summed E-state index contributed by atoms with van der Waals surface area (Å²) in [7, 11) is 1.74. The fourth-order valence-electron chi connectivity index (χ4n) is 2.58. The highest BCUT2D eigenvalue weighted by Gasteiger charge is 2.22. The Kier molecular flexibility index (Phi) is 5.01. The number of benzene rings is 1. The van der Waals surface area contributed by atoms with Crippen LogP contribution in [0.4, 0.5) is 10.1 Å². The van der Waals surface area contributed by atoms with E-state index in [-0.39, 0.29) is 5.82 Å². The molecule has 18 heavy (non-hydrogen) atoms. The molecule has 1 aromatic carbocycles. The predicted molar refractivity (Wildman–Crippen MR) is 75.8 cm³/mol. The van der Waals surface area contributed by atoms with Crippen LogP contribution < -0.4 is 4.90 Å². The van der Waals surface area contributed by atoms with Gasteiger partial charge in [-0.1, -0.05) is 28.1 Å². The molecule has 0 aromatic heterocycles. The molecule has 0 atom stereocenters. The number of hydrogen-bond acceptors (Lipinski definition) is 2. The van der Waals surface area contributed by atoms with E-state index in [0.717, 1.165) is 43.8 Å². The molecule has 0 aliphatic carbocycles. The minimum atomic E-state index is -0.114. The molecule has 2 rings (SSSR count). The van der Waals surface area contributed by atoms with Gasteiger partial charge in [0.05, 0.1) is 5.69 Å². The van der Waals surface area contributed by atoms with Gasteiger partial charge in [0.1, 0.15) is 5.82 Å². The van der Waals surface area contributed by atoms with E-state index in [4.69, 9.17) is 4.74 Å². The van der Waals surface area contributed by atoms with E-state index in [2.05, 4.69) is 20.8 Å². The van der Waals surface area contributed by atoms with Gasteiger partial charge in [0, 0.05) is 32.1 Å². The van der Waals surface area contributed by atoms with E-state index < -0.39 is 0 Å². The number of piperidine rings is 1. The third-order valence-electron chi connectivity index (χ3n) is 3.55. The molecule has 0 unspecified atom stereocenters. The Bertz CT molecular complexity index is 391. The maximum absolute atomic E-state index is 14.0. The molecule has 0 N–H and O–H groups in total. The standard InChI is InChI=1S/C14H19BrFNO/c1-18-10-11-5-7-17(8-6-11)14-12(9-15)3-2-4-13(14)16/h2-4,11H,5-10H2,1H3. The molecular formula is C14H19BrFNO. The average molecular weight is 316 g/mol. The zero-order chi connectivity index (χ0) is 13.0. The van der Waals surface area contributed by atoms with E-state index in [1.165, 1.54) is 0 Å². The highest BCUT2D eigenvalue weighted by Crippen LogP contribution is 2.30. The normalized spacial score (nSPS) is 17.2. The van der Waals surface area contributed by atoms with Gasteiger partial charge in [0.15, 0.2) is 0 Å². The third-order valence-corrected chi connectivity index (χ3v) is 4.15. The quantitative estimate of drug-likeness (QED) is 0.787. The Morgan fingerprint density at radius 2 is 2.11 bits per heavy atom. The molecule has 1 aromatic rings. The molecule has 0 saturated carbocycles. The Labute approximate surface area is 116 Å². The van der Waals surface area contributed by atoms with Crippen molar-refractivity contribution in [3.8, 4) is 0 Å². The molecule has 0 bridgehead atoms. The summed E-state index contributed by atoms with van der Waals surface area (Å²) in [5, 5.41) is 0.693. The SMILES string of the molecule is COCC1CCN(c2c(F)cccc2CBr)CC1. The molecule has 1 aliphatic heterocycles. The summed E-state index contributed by atoms with van der Waals surface area (Å²) in [6.45, 7) is 2.64. The number of para-hydroxylation sites is 1. The van der Waals surface area contributed by atoms with Crippen molar-refractivity contribution in [1.29, 1.82) is 0 Å². The number of ether oxygens (including phenoxy) is 1.